The second-order valence-corrected chi connectivity index (χ2v) is 6.33. The fraction of sp³-hybridized carbons (Fsp3) is 0.333. The van der Waals surface area contributed by atoms with Gasteiger partial charge in [0.2, 0.25) is 0 Å². The van der Waals surface area contributed by atoms with Crippen LogP contribution < -0.4 is 10.1 Å². The molecule has 1 atom stereocenters. The normalized spacial score (nSPS) is 16.5. The van der Waals surface area contributed by atoms with Crippen LogP contribution in [-0.2, 0) is 6.54 Å². The van der Waals surface area contributed by atoms with Crippen LogP contribution in [0, 0.1) is 0 Å². The fourth-order valence-electron chi connectivity index (χ4n) is 2.79. The zero-order valence-corrected chi connectivity index (χ0v) is 14.3. The molecule has 1 aliphatic rings. The summed E-state index contributed by atoms with van der Waals surface area (Å²) in [6.07, 6.45) is 5.20. The predicted octanol–water partition coefficient (Wildman–Crippen LogP) is 3.79. The first-order valence-corrected chi connectivity index (χ1v) is 8.34. The molecule has 0 bridgehead atoms. The van der Waals surface area contributed by atoms with E-state index in [1.807, 2.05) is 24.3 Å². The van der Waals surface area contributed by atoms with E-state index in [0.29, 0.717) is 18.2 Å². The van der Waals surface area contributed by atoms with Gasteiger partial charge in [-0.15, -0.1) is 0 Å². The van der Waals surface area contributed by atoms with Gasteiger partial charge in [-0.2, -0.15) is 0 Å². The third-order valence-electron chi connectivity index (χ3n) is 4.03. The van der Waals surface area contributed by atoms with E-state index in [9.17, 15) is 4.79 Å². The van der Waals surface area contributed by atoms with Crippen molar-refractivity contribution in [2.24, 2.45) is 0 Å². The van der Waals surface area contributed by atoms with Crippen molar-refractivity contribution in [3.8, 4) is 5.75 Å². The highest BCUT2D eigenvalue weighted by Gasteiger charge is 2.23. The third-order valence-corrected chi connectivity index (χ3v) is 4.27. The third kappa shape index (κ3) is 3.97. The van der Waals surface area contributed by atoms with Crippen LogP contribution in [0.1, 0.15) is 30.0 Å². The Bertz CT molecular complexity index is 709. The number of urea groups is 1. The maximum Gasteiger partial charge on any atom is 0.317 e. The van der Waals surface area contributed by atoms with Gasteiger partial charge in [-0.1, -0.05) is 23.7 Å². The van der Waals surface area contributed by atoms with Crippen molar-refractivity contribution >= 4 is 17.6 Å². The molecule has 2 aromatic rings. The van der Waals surface area contributed by atoms with Gasteiger partial charge in [0, 0.05) is 36.6 Å². The molecule has 6 heteroatoms. The minimum absolute atomic E-state index is 0.0800. The molecule has 3 rings (SSSR count). The number of carbonyl (C=O) groups excluding carboxylic acids is 1. The SMILES string of the molecule is CN(Cc1cccnc1)C(=O)NC1CCCOc2cc(Cl)ccc21. The molecule has 0 radical (unpaired) electrons. The summed E-state index contributed by atoms with van der Waals surface area (Å²) in [5, 5.41) is 3.73. The molecule has 24 heavy (non-hydrogen) atoms. The van der Waals surface area contributed by atoms with Crippen LogP contribution >= 0.6 is 11.6 Å². The highest BCUT2D eigenvalue weighted by Crippen LogP contribution is 2.33. The molecule has 0 aliphatic carbocycles. The molecule has 0 fully saturated rings. The molecule has 2 amide bonds. The first kappa shape index (κ1) is 16.6. The summed E-state index contributed by atoms with van der Waals surface area (Å²) >= 11 is 6.04. The van der Waals surface area contributed by atoms with Crippen molar-refractivity contribution in [1.29, 1.82) is 0 Å². The number of hydrogen-bond donors (Lipinski definition) is 1. The van der Waals surface area contributed by atoms with Gasteiger partial charge in [-0.05, 0) is 36.6 Å². The van der Waals surface area contributed by atoms with E-state index >= 15 is 0 Å². The first-order chi connectivity index (χ1) is 11.6. The number of halogens is 1. The summed E-state index contributed by atoms with van der Waals surface area (Å²) < 4.78 is 5.74. The topological polar surface area (TPSA) is 54.5 Å². The molecule has 1 unspecified atom stereocenters. The average Bonchev–Trinajstić information content (AvgIpc) is 2.77. The van der Waals surface area contributed by atoms with Gasteiger partial charge >= 0.3 is 6.03 Å². The van der Waals surface area contributed by atoms with E-state index in [-0.39, 0.29) is 12.1 Å². The van der Waals surface area contributed by atoms with E-state index in [0.717, 1.165) is 29.7 Å². The van der Waals surface area contributed by atoms with Crippen molar-refractivity contribution in [1.82, 2.24) is 15.2 Å². The lowest BCUT2D eigenvalue weighted by Crippen LogP contribution is -2.39. The van der Waals surface area contributed by atoms with E-state index in [4.69, 9.17) is 16.3 Å². The summed E-state index contributed by atoms with van der Waals surface area (Å²) in [6, 6.07) is 9.18. The molecule has 126 valence electrons. The van der Waals surface area contributed by atoms with E-state index in [1.54, 1.807) is 30.4 Å². The molecule has 0 saturated carbocycles. The number of nitrogens with zero attached hydrogens (tertiary/aromatic N) is 2. The fourth-order valence-corrected chi connectivity index (χ4v) is 2.95. The Kier molecular flexibility index (Phi) is 5.20. The maximum atomic E-state index is 12.5. The second kappa shape index (κ2) is 7.53. The van der Waals surface area contributed by atoms with Crippen LogP contribution in [-0.4, -0.2) is 29.6 Å². The molecule has 1 aromatic carbocycles. The highest BCUT2D eigenvalue weighted by atomic mass is 35.5. The summed E-state index contributed by atoms with van der Waals surface area (Å²) in [7, 11) is 1.78. The van der Waals surface area contributed by atoms with Crippen molar-refractivity contribution in [2.45, 2.75) is 25.4 Å². The number of ether oxygens (including phenoxy) is 1. The molecule has 1 aromatic heterocycles. The molecular weight excluding hydrogens is 326 g/mol. The number of aromatic nitrogens is 1. The molecule has 5 nitrogen and oxygen atoms in total. The van der Waals surface area contributed by atoms with Gasteiger partial charge < -0.3 is 15.0 Å². The summed E-state index contributed by atoms with van der Waals surface area (Å²) in [5.74, 6) is 0.750. The Morgan fingerprint density at radius 3 is 3.12 bits per heavy atom. The Labute approximate surface area is 146 Å². The van der Waals surface area contributed by atoms with Crippen LogP contribution in [0.25, 0.3) is 0 Å². The smallest absolute Gasteiger partial charge is 0.317 e. The summed E-state index contributed by atoms with van der Waals surface area (Å²) in [6.45, 7) is 1.14. The van der Waals surface area contributed by atoms with E-state index in [1.165, 1.54) is 0 Å². The van der Waals surface area contributed by atoms with Gasteiger partial charge in [0.15, 0.2) is 0 Å². The van der Waals surface area contributed by atoms with Crippen molar-refractivity contribution in [3.05, 3.63) is 58.9 Å². The van der Waals surface area contributed by atoms with Crippen LogP contribution in [0.2, 0.25) is 5.02 Å². The number of hydrogen-bond acceptors (Lipinski definition) is 3. The van der Waals surface area contributed by atoms with Gasteiger partial charge in [0.1, 0.15) is 5.75 Å². The number of rotatable bonds is 3. The minimum Gasteiger partial charge on any atom is -0.493 e. The second-order valence-electron chi connectivity index (χ2n) is 5.89. The van der Waals surface area contributed by atoms with Gasteiger partial charge in [-0.3, -0.25) is 4.98 Å². The lowest BCUT2D eigenvalue weighted by molar-refractivity contribution is 0.202. The van der Waals surface area contributed by atoms with Crippen LogP contribution in [0.5, 0.6) is 5.75 Å². The zero-order chi connectivity index (χ0) is 16.9. The molecule has 2 heterocycles. The molecule has 1 aliphatic heterocycles. The Morgan fingerprint density at radius 2 is 2.33 bits per heavy atom. The Hall–Kier alpha value is -2.27. The number of nitrogens with one attached hydrogen (secondary N) is 1. The average molecular weight is 346 g/mol. The number of carbonyl (C=O) groups is 1. The highest BCUT2D eigenvalue weighted by molar-refractivity contribution is 6.30. The monoisotopic (exact) mass is 345 g/mol. The molecule has 0 spiro atoms. The lowest BCUT2D eigenvalue weighted by Gasteiger charge is -2.23. The Morgan fingerprint density at radius 1 is 1.46 bits per heavy atom. The zero-order valence-electron chi connectivity index (χ0n) is 13.5. The van der Waals surface area contributed by atoms with Crippen molar-refractivity contribution < 1.29 is 9.53 Å². The van der Waals surface area contributed by atoms with Crippen molar-refractivity contribution in [2.75, 3.05) is 13.7 Å². The number of pyridine rings is 1. The van der Waals surface area contributed by atoms with Crippen LogP contribution in [0.3, 0.4) is 0 Å². The predicted molar refractivity (Wildman–Crippen MR) is 93.2 cm³/mol. The van der Waals surface area contributed by atoms with Gasteiger partial charge in [0.25, 0.3) is 0 Å². The first-order valence-electron chi connectivity index (χ1n) is 7.96. The van der Waals surface area contributed by atoms with Crippen molar-refractivity contribution in [3.63, 3.8) is 0 Å². The van der Waals surface area contributed by atoms with Gasteiger partial charge in [-0.25, -0.2) is 4.79 Å². The summed E-state index contributed by atoms with van der Waals surface area (Å²) in [4.78, 5) is 18.3. The largest absolute Gasteiger partial charge is 0.493 e. The van der Waals surface area contributed by atoms with Gasteiger partial charge in [0.05, 0.1) is 12.6 Å². The lowest BCUT2D eigenvalue weighted by atomic mass is 10.0. The number of fused-ring (bicyclic) bond motifs is 1. The molecule has 1 N–H and O–H groups in total. The Balaban J connectivity index is 1.70. The van der Waals surface area contributed by atoms with E-state index in [2.05, 4.69) is 10.3 Å². The number of benzene rings is 1. The standard InChI is InChI=1S/C18H20ClN3O2/c1-22(12-13-4-2-8-20-11-13)18(23)21-16-5-3-9-24-17-10-14(19)6-7-15(16)17/h2,4,6-8,10-11,16H,3,5,9,12H2,1H3,(H,21,23). The quantitative estimate of drug-likeness (QED) is 0.920. The molecular formula is C18H20ClN3O2. The number of amides is 2. The molecule has 0 saturated heterocycles. The van der Waals surface area contributed by atoms with Crippen LogP contribution in [0.15, 0.2) is 42.7 Å². The van der Waals surface area contributed by atoms with E-state index < -0.39 is 0 Å². The maximum absolute atomic E-state index is 12.5. The minimum atomic E-state index is -0.119. The van der Waals surface area contributed by atoms with Crippen LogP contribution in [0.4, 0.5) is 4.79 Å². The summed E-state index contributed by atoms with van der Waals surface area (Å²) in [5.41, 5.74) is 1.96.